The van der Waals surface area contributed by atoms with Gasteiger partial charge >= 0.3 is 5.97 Å². The number of hydrogen-bond acceptors (Lipinski definition) is 3. The van der Waals surface area contributed by atoms with Gasteiger partial charge in [0.05, 0.1) is 12.3 Å². The Bertz CT molecular complexity index is 393. The van der Waals surface area contributed by atoms with Crippen LogP contribution >= 0.6 is 0 Å². The molecule has 0 radical (unpaired) electrons. The first kappa shape index (κ1) is 15.6. The quantitative estimate of drug-likeness (QED) is 0.742. The first-order valence-electron chi connectivity index (χ1n) is 6.94. The summed E-state index contributed by atoms with van der Waals surface area (Å²) in [6, 6.07) is 4.98. The van der Waals surface area contributed by atoms with E-state index >= 15 is 0 Å². The molecule has 0 aliphatic carbocycles. The summed E-state index contributed by atoms with van der Waals surface area (Å²) >= 11 is 0. The third kappa shape index (κ3) is 5.83. The molecule has 1 aromatic heterocycles. The van der Waals surface area contributed by atoms with Crippen LogP contribution in [0.2, 0.25) is 0 Å². The summed E-state index contributed by atoms with van der Waals surface area (Å²) < 4.78 is 5.65. The number of aromatic carboxylic acids is 1. The molecule has 0 spiro atoms. The van der Waals surface area contributed by atoms with E-state index in [1.54, 1.807) is 12.1 Å². The van der Waals surface area contributed by atoms with Gasteiger partial charge in [0.15, 0.2) is 0 Å². The van der Waals surface area contributed by atoms with Crippen LogP contribution in [0.5, 0.6) is 0 Å². The minimum Gasteiger partial charge on any atom is -0.477 e. The van der Waals surface area contributed by atoms with E-state index in [4.69, 9.17) is 9.84 Å². The van der Waals surface area contributed by atoms with Gasteiger partial charge in [0, 0.05) is 6.61 Å². The summed E-state index contributed by atoms with van der Waals surface area (Å²) in [5.41, 5.74) is 0.740. The summed E-state index contributed by atoms with van der Waals surface area (Å²) in [6.45, 7) is 5.46. The molecular weight excluding hydrogens is 242 g/mol. The van der Waals surface area contributed by atoms with Crippen molar-refractivity contribution in [2.75, 3.05) is 6.61 Å². The van der Waals surface area contributed by atoms with E-state index in [1.165, 1.54) is 25.3 Å². The third-order valence-electron chi connectivity index (χ3n) is 3.17. The van der Waals surface area contributed by atoms with Gasteiger partial charge in [-0.3, -0.25) is 0 Å². The summed E-state index contributed by atoms with van der Waals surface area (Å²) in [5.74, 6) is -0.418. The van der Waals surface area contributed by atoms with Crippen molar-refractivity contribution in [1.82, 2.24) is 4.98 Å². The first-order valence-corrected chi connectivity index (χ1v) is 6.94. The van der Waals surface area contributed by atoms with Crippen LogP contribution in [-0.2, 0) is 11.3 Å². The van der Waals surface area contributed by atoms with Crippen molar-refractivity contribution < 1.29 is 14.6 Å². The van der Waals surface area contributed by atoms with Gasteiger partial charge in [-0.2, -0.15) is 0 Å². The highest BCUT2D eigenvalue weighted by Gasteiger charge is 2.08. The molecule has 0 amide bonds. The lowest BCUT2D eigenvalue weighted by Gasteiger charge is -2.14. The van der Waals surface area contributed by atoms with Crippen LogP contribution in [0.25, 0.3) is 0 Å². The average molecular weight is 265 g/mol. The van der Waals surface area contributed by atoms with Crippen molar-refractivity contribution in [3.05, 3.63) is 29.6 Å². The fourth-order valence-electron chi connectivity index (χ4n) is 1.91. The molecule has 0 aliphatic heterocycles. The monoisotopic (exact) mass is 265 g/mol. The van der Waals surface area contributed by atoms with E-state index in [2.05, 4.69) is 18.8 Å². The normalized spacial score (nSPS) is 12.3. The van der Waals surface area contributed by atoms with Crippen LogP contribution in [0.3, 0.4) is 0 Å². The molecule has 1 N–H and O–H groups in total. The standard InChI is InChI=1S/C15H23NO3/c1-3-5-7-12(4-2)10-19-11-13-8-6-9-14(16-13)15(17)18/h6,8-9,12H,3-5,7,10-11H2,1-2H3,(H,17,18). The third-order valence-corrected chi connectivity index (χ3v) is 3.17. The summed E-state index contributed by atoms with van der Waals surface area (Å²) in [6.07, 6.45) is 4.74. The molecule has 1 rings (SSSR count). The van der Waals surface area contributed by atoms with Gasteiger partial charge in [0.25, 0.3) is 0 Å². The molecule has 0 aliphatic rings. The number of carboxylic acids is 1. The number of rotatable bonds is 9. The van der Waals surface area contributed by atoms with Crippen LogP contribution in [0.4, 0.5) is 0 Å². The van der Waals surface area contributed by atoms with E-state index in [0.29, 0.717) is 18.2 Å². The predicted octanol–water partition coefficient (Wildman–Crippen LogP) is 3.51. The van der Waals surface area contributed by atoms with Crippen LogP contribution in [-0.4, -0.2) is 22.7 Å². The number of pyridine rings is 1. The molecule has 0 aromatic carbocycles. The molecule has 1 atom stereocenters. The molecule has 1 heterocycles. The predicted molar refractivity (Wildman–Crippen MR) is 74.2 cm³/mol. The van der Waals surface area contributed by atoms with E-state index in [0.717, 1.165) is 13.0 Å². The van der Waals surface area contributed by atoms with Crippen molar-refractivity contribution in [2.24, 2.45) is 5.92 Å². The molecule has 0 saturated heterocycles. The van der Waals surface area contributed by atoms with E-state index in [1.807, 2.05) is 0 Å². The van der Waals surface area contributed by atoms with Crippen molar-refractivity contribution in [3.8, 4) is 0 Å². The maximum atomic E-state index is 10.8. The van der Waals surface area contributed by atoms with E-state index in [9.17, 15) is 4.79 Å². The van der Waals surface area contributed by atoms with Crippen LogP contribution < -0.4 is 0 Å². The topological polar surface area (TPSA) is 59.4 Å². The molecule has 1 unspecified atom stereocenters. The fourth-order valence-corrected chi connectivity index (χ4v) is 1.91. The smallest absolute Gasteiger partial charge is 0.354 e. The largest absolute Gasteiger partial charge is 0.477 e. The first-order chi connectivity index (χ1) is 9.17. The number of aromatic nitrogens is 1. The highest BCUT2D eigenvalue weighted by atomic mass is 16.5. The summed E-state index contributed by atoms with van der Waals surface area (Å²) in [5, 5.41) is 8.85. The number of carboxylic acid groups (broad SMARTS) is 1. The molecular formula is C15H23NO3. The number of carbonyl (C=O) groups is 1. The van der Waals surface area contributed by atoms with Gasteiger partial charge in [-0.25, -0.2) is 9.78 Å². The van der Waals surface area contributed by atoms with Crippen LogP contribution in [0.1, 0.15) is 55.7 Å². The fraction of sp³-hybridized carbons (Fsp3) is 0.600. The number of hydrogen-bond donors (Lipinski definition) is 1. The summed E-state index contributed by atoms with van der Waals surface area (Å²) in [4.78, 5) is 14.8. The molecule has 4 heteroatoms. The summed E-state index contributed by atoms with van der Waals surface area (Å²) in [7, 11) is 0. The Hall–Kier alpha value is -1.42. The van der Waals surface area contributed by atoms with Crippen molar-refractivity contribution >= 4 is 5.97 Å². The van der Waals surface area contributed by atoms with Crippen molar-refractivity contribution in [1.29, 1.82) is 0 Å². The molecule has 19 heavy (non-hydrogen) atoms. The van der Waals surface area contributed by atoms with Crippen LogP contribution in [0, 0.1) is 5.92 Å². The number of unbranched alkanes of at least 4 members (excludes halogenated alkanes) is 1. The van der Waals surface area contributed by atoms with Crippen molar-refractivity contribution in [3.63, 3.8) is 0 Å². The Morgan fingerprint density at radius 1 is 1.42 bits per heavy atom. The van der Waals surface area contributed by atoms with Crippen molar-refractivity contribution in [2.45, 2.75) is 46.1 Å². The number of ether oxygens (including phenoxy) is 1. The molecule has 0 bridgehead atoms. The Morgan fingerprint density at radius 3 is 2.84 bits per heavy atom. The minimum absolute atomic E-state index is 0.0686. The zero-order chi connectivity index (χ0) is 14.1. The lowest BCUT2D eigenvalue weighted by atomic mass is 10.0. The maximum Gasteiger partial charge on any atom is 0.354 e. The van der Waals surface area contributed by atoms with Gasteiger partial charge in [0.1, 0.15) is 5.69 Å². The van der Waals surface area contributed by atoms with Gasteiger partial charge < -0.3 is 9.84 Å². The second-order valence-electron chi connectivity index (χ2n) is 4.75. The molecule has 4 nitrogen and oxygen atoms in total. The molecule has 106 valence electrons. The van der Waals surface area contributed by atoms with E-state index < -0.39 is 5.97 Å². The van der Waals surface area contributed by atoms with Gasteiger partial charge in [-0.1, -0.05) is 39.2 Å². The van der Waals surface area contributed by atoms with Gasteiger partial charge in [-0.05, 0) is 24.5 Å². The second kappa shape index (κ2) is 8.64. The highest BCUT2D eigenvalue weighted by molar-refractivity contribution is 5.85. The Morgan fingerprint density at radius 2 is 2.21 bits per heavy atom. The lowest BCUT2D eigenvalue weighted by Crippen LogP contribution is -2.10. The zero-order valence-corrected chi connectivity index (χ0v) is 11.8. The van der Waals surface area contributed by atoms with Gasteiger partial charge in [0.2, 0.25) is 0 Å². The maximum absolute atomic E-state index is 10.8. The molecule has 0 saturated carbocycles. The lowest BCUT2D eigenvalue weighted by molar-refractivity contribution is 0.0684. The van der Waals surface area contributed by atoms with Gasteiger partial charge in [-0.15, -0.1) is 0 Å². The second-order valence-corrected chi connectivity index (χ2v) is 4.75. The average Bonchev–Trinajstić information content (AvgIpc) is 2.43. The van der Waals surface area contributed by atoms with E-state index in [-0.39, 0.29) is 5.69 Å². The zero-order valence-electron chi connectivity index (χ0n) is 11.8. The SMILES string of the molecule is CCCCC(CC)COCc1cccc(C(=O)O)n1. The highest BCUT2D eigenvalue weighted by Crippen LogP contribution is 2.13. The minimum atomic E-state index is -1.00. The Kier molecular flexibility index (Phi) is 7.11. The Balaban J connectivity index is 2.39. The van der Waals surface area contributed by atoms with Crippen LogP contribution in [0.15, 0.2) is 18.2 Å². The Labute approximate surface area is 114 Å². The molecule has 0 fully saturated rings. The number of nitrogens with zero attached hydrogens (tertiary/aromatic N) is 1. The molecule has 1 aromatic rings.